The molecule has 0 fully saturated rings. The molecule has 0 spiro atoms. The molecule has 4 aromatic rings. The molecule has 0 saturated heterocycles. The Balaban J connectivity index is 1.53. The minimum Gasteiger partial charge on any atom is -0.465 e. The number of anilines is 2. The van der Waals surface area contributed by atoms with Crippen molar-refractivity contribution < 1.29 is 14.7 Å². The summed E-state index contributed by atoms with van der Waals surface area (Å²) >= 11 is 3.58. The fourth-order valence-corrected chi connectivity index (χ4v) is 4.81. The first kappa shape index (κ1) is 26.3. The lowest BCUT2D eigenvalue weighted by atomic mass is 10.1. The van der Waals surface area contributed by atoms with Gasteiger partial charge in [-0.1, -0.05) is 18.2 Å². The average Bonchev–Trinajstić information content (AvgIpc) is 3.53. The Labute approximate surface area is 233 Å². The van der Waals surface area contributed by atoms with Crippen LogP contribution in [0, 0.1) is 0 Å². The second-order valence-electron chi connectivity index (χ2n) is 9.54. The zero-order valence-corrected chi connectivity index (χ0v) is 23.5. The van der Waals surface area contributed by atoms with E-state index in [1.54, 1.807) is 23.4 Å². The first-order valence-corrected chi connectivity index (χ1v) is 13.1. The largest absolute Gasteiger partial charge is 0.465 e. The van der Waals surface area contributed by atoms with Crippen molar-refractivity contribution >= 4 is 39.6 Å². The van der Waals surface area contributed by atoms with Gasteiger partial charge in [0.15, 0.2) is 5.82 Å². The van der Waals surface area contributed by atoms with Gasteiger partial charge in [-0.25, -0.2) is 14.8 Å². The zero-order valence-electron chi connectivity index (χ0n) is 21.9. The molecule has 1 aliphatic rings. The van der Waals surface area contributed by atoms with Gasteiger partial charge in [-0.05, 0) is 60.1 Å². The normalized spacial score (nSPS) is 12.7. The fourth-order valence-electron chi connectivity index (χ4n) is 4.34. The van der Waals surface area contributed by atoms with Crippen LogP contribution in [0.15, 0.2) is 59.3 Å². The smallest absolute Gasteiger partial charge is 0.407 e. The summed E-state index contributed by atoms with van der Waals surface area (Å²) in [7, 11) is 3.38. The van der Waals surface area contributed by atoms with Gasteiger partial charge >= 0.3 is 6.09 Å². The number of hydrogen-bond acceptors (Lipinski definition) is 7. The molecule has 0 saturated carbocycles. The summed E-state index contributed by atoms with van der Waals surface area (Å²) in [5, 5.41) is 17.8. The van der Waals surface area contributed by atoms with Gasteiger partial charge in [0.25, 0.3) is 5.91 Å². The Bertz CT molecular complexity index is 1570. The van der Waals surface area contributed by atoms with Crippen LogP contribution in [-0.2, 0) is 13.1 Å². The summed E-state index contributed by atoms with van der Waals surface area (Å²) in [6.07, 6.45) is 0.544. The Kier molecular flexibility index (Phi) is 7.04. The van der Waals surface area contributed by atoms with E-state index in [9.17, 15) is 14.7 Å². The Morgan fingerprint density at radius 3 is 2.62 bits per heavy atom. The molecule has 11 nitrogen and oxygen atoms in total. The number of carbonyl (C=O) groups is 2. The lowest BCUT2D eigenvalue weighted by Crippen LogP contribution is -2.29. The van der Waals surface area contributed by atoms with Gasteiger partial charge in [0, 0.05) is 30.2 Å². The van der Waals surface area contributed by atoms with E-state index in [0.29, 0.717) is 40.0 Å². The molecule has 2 amide bonds. The van der Waals surface area contributed by atoms with Crippen LogP contribution in [0.25, 0.3) is 17.2 Å². The van der Waals surface area contributed by atoms with Gasteiger partial charge < -0.3 is 14.9 Å². The predicted molar refractivity (Wildman–Crippen MR) is 150 cm³/mol. The Morgan fingerprint density at radius 2 is 1.90 bits per heavy atom. The van der Waals surface area contributed by atoms with Crippen LogP contribution in [0.3, 0.4) is 0 Å². The summed E-state index contributed by atoms with van der Waals surface area (Å²) in [5.41, 5.74) is 3.13. The topological polar surface area (TPSA) is 121 Å². The molecule has 3 aromatic heterocycles. The fraction of sp³-hybridized carbons (Fsp3) is 0.259. The lowest BCUT2D eigenvalue weighted by Gasteiger charge is -2.24. The van der Waals surface area contributed by atoms with E-state index in [2.05, 4.69) is 26.1 Å². The Morgan fingerprint density at radius 1 is 1.13 bits per heavy atom. The maximum atomic E-state index is 13.7. The summed E-state index contributed by atoms with van der Waals surface area (Å²) in [5.74, 6) is 1.36. The molecule has 1 aliphatic heterocycles. The summed E-state index contributed by atoms with van der Waals surface area (Å²) in [6, 6.07) is 15.0. The minimum atomic E-state index is -1.07. The number of hydrogen-bond donors (Lipinski definition) is 1. The van der Waals surface area contributed by atoms with Gasteiger partial charge in [-0.3, -0.25) is 14.3 Å². The van der Waals surface area contributed by atoms with Gasteiger partial charge in [-0.2, -0.15) is 0 Å². The van der Waals surface area contributed by atoms with E-state index in [4.69, 9.17) is 9.97 Å². The standard InChI is InChI=1S/C27H27BrN8O3/c1-16(2)34(4)24-12-17-18(21(31-24)14-33(3)27(38)39)13-35(26(17)37)23-11-7-9-20(30-23)25-32-29-15-36(25)22-10-6-5-8-19(22)28/h5-12,15-16H,13-14H2,1-4H3,(H,38,39). The number of aromatic nitrogens is 5. The molecule has 0 atom stereocenters. The molecule has 1 aromatic carbocycles. The van der Waals surface area contributed by atoms with Crippen LogP contribution < -0.4 is 9.80 Å². The zero-order chi connectivity index (χ0) is 27.8. The molecule has 0 aliphatic carbocycles. The van der Waals surface area contributed by atoms with Crippen molar-refractivity contribution in [1.82, 2.24) is 29.6 Å². The number of amides is 2. The van der Waals surface area contributed by atoms with E-state index in [1.807, 2.05) is 66.8 Å². The molecule has 200 valence electrons. The number of para-hydroxylation sites is 1. The third kappa shape index (κ3) is 4.94. The van der Waals surface area contributed by atoms with Gasteiger partial charge in [0.1, 0.15) is 23.7 Å². The Hall–Kier alpha value is -4.32. The number of rotatable bonds is 7. The van der Waals surface area contributed by atoms with Crippen molar-refractivity contribution in [1.29, 1.82) is 0 Å². The number of halogens is 1. The van der Waals surface area contributed by atoms with Crippen LogP contribution in [0.4, 0.5) is 16.4 Å². The van der Waals surface area contributed by atoms with E-state index >= 15 is 0 Å². The first-order valence-electron chi connectivity index (χ1n) is 12.3. The summed E-state index contributed by atoms with van der Waals surface area (Å²) < 4.78 is 2.70. The number of carbonyl (C=O) groups excluding carboxylic acids is 1. The molecule has 5 rings (SSSR count). The average molecular weight is 591 g/mol. The van der Waals surface area contributed by atoms with Crippen LogP contribution in [0.1, 0.15) is 35.5 Å². The number of pyridine rings is 2. The highest BCUT2D eigenvalue weighted by Gasteiger charge is 2.34. The van der Waals surface area contributed by atoms with Gasteiger partial charge in [0.2, 0.25) is 0 Å². The number of benzene rings is 1. The SMILES string of the molecule is CC(C)N(C)c1cc2c(c(CN(C)C(=O)O)n1)CN(c1cccc(-c3nncn3-c3ccccc3Br)n1)C2=O. The second-order valence-corrected chi connectivity index (χ2v) is 10.4. The van der Waals surface area contributed by atoms with Crippen molar-refractivity contribution in [3.63, 3.8) is 0 Å². The van der Waals surface area contributed by atoms with Crippen LogP contribution in [0.2, 0.25) is 0 Å². The summed E-state index contributed by atoms with van der Waals surface area (Å²) in [4.78, 5) is 39.5. The molecule has 39 heavy (non-hydrogen) atoms. The van der Waals surface area contributed by atoms with Crippen molar-refractivity contribution in [2.75, 3.05) is 23.9 Å². The van der Waals surface area contributed by atoms with Crippen molar-refractivity contribution in [3.8, 4) is 17.2 Å². The monoisotopic (exact) mass is 590 g/mol. The van der Waals surface area contributed by atoms with Crippen molar-refractivity contribution in [2.24, 2.45) is 0 Å². The van der Waals surface area contributed by atoms with Gasteiger partial charge in [0.05, 0.1) is 30.0 Å². The lowest BCUT2D eigenvalue weighted by molar-refractivity contribution is 0.0996. The summed E-state index contributed by atoms with van der Waals surface area (Å²) in [6.45, 7) is 4.33. The van der Waals surface area contributed by atoms with E-state index in [-0.39, 0.29) is 25.0 Å². The molecule has 0 unspecified atom stereocenters. The third-order valence-electron chi connectivity index (χ3n) is 6.74. The molecule has 12 heteroatoms. The highest BCUT2D eigenvalue weighted by Crippen LogP contribution is 2.33. The quantitative estimate of drug-likeness (QED) is 0.331. The maximum Gasteiger partial charge on any atom is 0.407 e. The molecule has 4 heterocycles. The highest BCUT2D eigenvalue weighted by atomic mass is 79.9. The van der Waals surface area contributed by atoms with E-state index in [0.717, 1.165) is 15.1 Å². The minimum absolute atomic E-state index is 0.0566. The van der Waals surface area contributed by atoms with Crippen LogP contribution >= 0.6 is 15.9 Å². The number of nitrogens with zero attached hydrogens (tertiary/aromatic N) is 8. The molecular weight excluding hydrogens is 564 g/mol. The molecule has 0 radical (unpaired) electrons. The van der Waals surface area contributed by atoms with E-state index in [1.165, 1.54) is 7.05 Å². The molecule has 0 bridgehead atoms. The maximum absolute atomic E-state index is 13.7. The second kappa shape index (κ2) is 10.4. The van der Waals surface area contributed by atoms with Crippen molar-refractivity contribution in [3.05, 3.63) is 76.2 Å². The number of fused-ring (bicyclic) bond motifs is 1. The van der Waals surface area contributed by atoms with Gasteiger partial charge in [-0.15, -0.1) is 10.2 Å². The first-order chi connectivity index (χ1) is 18.7. The molecular formula is C27H27BrN8O3. The predicted octanol–water partition coefficient (Wildman–Crippen LogP) is 4.60. The van der Waals surface area contributed by atoms with Crippen LogP contribution in [0.5, 0.6) is 0 Å². The van der Waals surface area contributed by atoms with Crippen molar-refractivity contribution in [2.45, 2.75) is 33.0 Å². The third-order valence-corrected chi connectivity index (χ3v) is 7.41. The molecule has 1 N–H and O–H groups in total. The highest BCUT2D eigenvalue weighted by molar-refractivity contribution is 9.10. The van der Waals surface area contributed by atoms with Crippen LogP contribution in [-0.4, -0.2) is 66.9 Å². The number of carboxylic acid groups (broad SMARTS) is 1. The van der Waals surface area contributed by atoms with E-state index < -0.39 is 6.09 Å².